The second-order valence-electron chi connectivity index (χ2n) is 4.45. The molecule has 0 saturated heterocycles. The van der Waals surface area contributed by atoms with Crippen LogP contribution in [0.25, 0.3) is 10.2 Å². The van der Waals surface area contributed by atoms with Gasteiger partial charge in [-0.15, -0.1) is 11.3 Å². The van der Waals surface area contributed by atoms with Crippen molar-refractivity contribution < 1.29 is 4.74 Å². The summed E-state index contributed by atoms with van der Waals surface area (Å²) in [4.78, 5) is 4.62. The fourth-order valence-electron chi connectivity index (χ4n) is 1.91. The van der Waals surface area contributed by atoms with Gasteiger partial charge >= 0.3 is 0 Å². The molecule has 3 rings (SSSR count). The van der Waals surface area contributed by atoms with Crippen molar-refractivity contribution in [2.24, 2.45) is 0 Å². The lowest BCUT2D eigenvalue weighted by molar-refractivity contribution is 0.414. The van der Waals surface area contributed by atoms with Crippen LogP contribution in [0, 0.1) is 0 Å². The molecule has 0 amide bonds. The van der Waals surface area contributed by atoms with Crippen LogP contribution in [-0.2, 0) is 5.75 Å². The Morgan fingerprint density at radius 3 is 2.95 bits per heavy atom. The normalized spacial score (nSPS) is 11.0. The van der Waals surface area contributed by atoms with Gasteiger partial charge in [0, 0.05) is 15.9 Å². The Labute approximate surface area is 139 Å². The number of methoxy groups -OCH3 is 1. The average Bonchev–Trinajstić information content (AvgIpc) is 2.88. The predicted octanol–water partition coefficient (Wildman–Crippen LogP) is 4.94. The number of hydrogen-bond donors (Lipinski definition) is 1. The summed E-state index contributed by atoms with van der Waals surface area (Å²) < 4.78 is 8.52. The standard InChI is InChI=1S/C15H13BrN2OS2/c1-19-11-3-4-12(16)9(6-11)8-20-15-18-13-5-2-10(17)7-14(13)21-15/h2-7H,8,17H2,1H3. The highest BCUT2D eigenvalue weighted by atomic mass is 79.9. The largest absolute Gasteiger partial charge is 0.497 e. The summed E-state index contributed by atoms with van der Waals surface area (Å²) in [5.41, 5.74) is 8.77. The Balaban J connectivity index is 1.80. The van der Waals surface area contributed by atoms with Crippen molar-refractivity contribution in [1.82, 2.24) is 4.98 Å². The molecule has 0 aliphatic rings. The van der Waals surface area contributed by atoms with Crippen LogP contribution in [-0.4, -0.2) is 12.1 Å². The number of thioether (sulfide) groups is 1. The molecule has 0 bridgehead atoms. The molecular formula is C15H13BrN2OS2. The fourth-order valence-corrected chi connectivity index (χ4v) is 4.59. The van der Waals surface area contributed by atoms with Crippen molar-refractivity contribution in [1.29, 1.82) is 0 Å². The zero-order chi connectivity index (χ0) is 14.8. The molecule has 0 spiro atoms. The fraction of sp³-hybridized carbons (Fsp3) is 0.133. The molecule has 0 fully saturated rings. The smallest absolute Gasteiger partial charge is 0.151 e. The maximum atomic E-state index is 5.80. The van der Waals surface area contributed by atoms with E-state index in [1.165, 1.54) is 5.56 Å². The summed E-state index contributed by atoms with van der Waals surface area (Å²) in [7, 11) is 1.68. The molecule has 0 aliphatic heterocycles. The Kier molecular flexibility index (Phi) is 4.37. The molecule has 3 nitrogen and oxygen atoms in total. The molecule has 3 aromatic rings. The Hall–Kier alpha value is -1.24. The maximum Gasteiger partial charge on any atom is 0.151 e. The Morgan fingerprint density at radius 2 is 2.14 bits per heavy atom. The minimum Gasteiger partial charge on any atom is -0.497 e. The highest BCUT2D eigenvalue weighted by Gasteiger charge is 2.08. The first-order chi connectivity index (χ1) is 10.2. The van der Waals surface area contributed by atoms with Crippen molar-refractivity contribution in [2.45, 2.75) is 10.1 Å². The Bertz CT molecular complexity index is 788. The van der Waals surface area contributed by atoms with E-state index in [4.69, 9.17) is 10.5 Å². The van der Waals surface area contributed by atoms with Crippen molar-refractivity contribution in [3.63, 3.8) is 0 Å². The van der Waals surface area contributed by atoms with E-state index < -0.39 is 0 Å². The number of aromatic nitrogens is 1. The van der Waals surface area contributed by atoms with Gasteiger partial charge in [0.1, 0.15) is 5.75 Å². The monoisotopic (exact) mass is 380 g/mol. The number of thiazole rings is 1. The van der Waals surface area contributed by atoms with Crippen molar-refractivity contribution >= 4 is 54.9 Å². The van der Waals surface area contributed by atoms with Crippen LogP contribution in [0.3, 0.4) is 0 Å². The van der Waals surface area contributed by atoms with Crippen LogP contribution >= 0.6 is 39.0 Å². The minimum absolute atomic E-state index is 0.776. The third kappa shape index (κ3) is 3.33. The van der Waals surface area contributed by atoms with E-state index in [1.807, 2.05) is 36.4 Å². The van der Waals surface area contributed by atoms with E-state index in [-0.39, 0.29) is 0 Å². The zero-order valence-electron chi connectivity index (χ0n) is 11.3. The molecule has 6 heteroatoms. The van der Waals surface area contributed by atoms with Crippen molar-refractivity contribution in [3.05, 3.63) is 46.4 Å². The van der Waals surface area contributed by atoms with Crippen LogP contribution in [0.1, 0.15) is 5.56 Å². The van der Waals surface area contributed by atoms with Crippen LogP contribution in [0.4, 0.5) is 5.69 Å². The molecule has 0 saturated carbocycles. The summed E-state index contributed by atoms with van der Waals surface area (Å²) in [5, 5.41) is 0. The summed E-state index contributed by atoms with van der Waals surface area (Å²) in [6.45, 7) is 0. The molecule has 1 aromatic heterocycles. The number of rotatable bonds is 4. The second kappa shape index (κ2) is 6.25. The molecule has 0 atom stereocenters. The van der Waals surface area contributed by atoms with Gasteiger partial charge in [-0.2, -0.15) is 0 Å². The molecule has 1 heterocycles. The van der Waals surface area contributed by atoms with Gasteiger partial charge in [-0.3, -0.25) is 0 Å². The molecular weight excluding hydrogens is 368 g/mol. The second-order valence-corrected chi connectivity index (χ2v) is 7.56. The zero-order valence-corrected chi connectivity index (χ0v) is 14.5. The third-order valence-corrected chi connectivity index (χ3v) is 5.98. The van der Waals surface area contributed by atoms with Crippen molar-refractivity contribution in [2.75, 3.05) is 12.8 Å². The number of nitrogens with two attached hydrogens (primary N) is 1. The first-order valence-corrected chi connectivity index (χ1v) is 8.86. The molecule has 108 valence electrons. The van der Waals surface area contributed by atoms with E-state index in [9.17, 15) is 0 Å². The summed E-state index contributed by atoms with van der Waals surface area (Å²) in [6.07, 6.45) is 0. The van der Waals surface area contributed by atoms with E-state index in [0.717, 1.165) is 36.2 Å². The number of nitrogens with zero attached hydrogens (tertiary/aromatic N) is 1. The molecule has 0 unspecified atom stereocenters. The topological polar surface area (TPSA) is 48.1 Å². The van der Waals surface area contributed by atoms with Crippen LogP contribution < -0.4 is 10.5 Å². The first kappa shape index (κ1) is 14.7. The van der Waals surface area contributed by atoms with Gasteiger partial charge in [-0.05, 0) is 42.0 Å². The number of anilines is 1. The van der Waals surface area contributed by atoms with Gasteiger partial charge in [0.15, 0.2) is 4.34 Å². The van der Waals surface area contributed by atoms with Crippen LogP contribution in [0.5, 0.6) is 5.75 Å². The summed E-state index contributed by atoms with van der Waals surface area (Å²) in [5.74, 6) is 1.71. The van der Waals surface area contributed by atoms with Gasteiger partial charge in [0.25, 0.3) is 0 Å². The van der Waals surface area contributed by atoms with E-state index >= 15 is 0 Å². The third-order valence-electron chi connectivity index (χ3n) is 3.00. The average molecular weight is 381 g/mol. The van der Waals surface area contributed by atoms with Gasteiger partial charge in [-0.1, -0.05) is 27.7 Å². The van der Waals surface area contributed by atoms with Gasteiger partial charge in [0.05, 0.1) is 17.3 Å². The quantitative estimate of drug-likeness (QED) is 0.514. The lowest BCUT2D eigenvalue weighted by atomic mass is 10.2. The number of benzene rings is 2. The molecule has 2 aromatic carbocycles. The van der Waals surface area contributed by atoms with E-state index in [2.05, 4.69) is 20.9 Å². The van der Waals surface area contributed by atoms with E-state index in [1.54, 1.807) is 30.2 Å². The predicted molar refractivity (Wildman–Crippen MR) is 94.3 cm³/mol. The molecule has 0 aliphatic carbocycles. The number of nitrogen functional groups attached to an aromatic ring is 1. The van der Waals surface area contributed by atoms with Crippen LogP contribution in [0.15, 0.2) is 45.2 Å². The maximum absolute atomic E-state index is 5.80. The number of ether oxygens (including phenoxy) is 1. The Morgan fingerprint density at radius 1 is 1.29 bits per heavy atom. The van der Waals surface area contributed by atoms with Crippen LogP contribution in [0.2, 0.25) is 0 Å². The molecule has 0 radical (unpaired) electrons. The molecule has 21 heavy (non-hydrogen) atoms. The number of hydrogen-bond acceptors (Lipinski definition) is 5. The highest BCUT2D eigenvalue weighted by Crippen LogP contribution is 2.34. The molecule has 2 N–H and O–H groups in total. The van der Waals surface area contributed by atoms with E-state index in [0.29, 0.717) is 0 Å². The van der Waals surface area contributed by atoms with Gasteiger partial charge in [-0.25, -0.2) is 4.98 Å². The highest BCUT2D eigenvalue weighted by molar-refractivity contribution is 9.10. The minimum atomic E-state index is 0.776. The van der Waals surface area contributed by atoms with Gasteiger partial charge < -0.3 is 10.5 Å². The number of halogens is 1. The SMILES string of the molecule is COc1ccc(Br)c(CSc2nc3ccc(N)cc3s2)c1. The first-order valence-electron chi connectivity index (χ1n) is 6.27. The van der Waals surface area contributed by atoms with Crippen molar-refractivity contribution in [3.8, 4) is 5.75 Å². The number of fused-ring (bicyclic) bond motifs is 1. The summed E-state index contributed by atoms with van der Waals surface area (Å²) >= 11 is 6.97. The van der Waals surface area contributed by atoms with Gasteiger partial charge in [0.2, 0.25) is 0 Å². The summed E-state index contributed by atoms with van der Waals surface area (Å²) in [6, 6.07) is 11.8. The lowest BCUT2D eigenvalue weighted by Crippen LogP contribution is -1.87. The lowest BCUT2D eigenvalue weighted by Gasteiger charge is -2.06.